The van der Waals surface area contributed by atoms with E-state index in [1.165, 1.54) is 13.2 Å². The molecule has 1 atom stereocenters. The van der Waals surface area contributed by atoms with E-state index in [2.05, 4.69) is 20.7 Å². The number of carbonyl (C=O) groups excluding carboxylic acids is 1. The van der Waals surface area contributed by atoms with Gasteiger partial charge in [0.1, 0.15) is 6.17 Å². The van der Waals surface area contributed by atoms with Crippen molar-refractivity contribution in [1.82, 2.24) is 0 Å². The largest absolute Gasteiger partial charge is 0.466 e. The highest BCUT2D eigenvalue weighted by atomic mass is 79.9. The van der Waals surface area contributed by atoms with Crippen LogP contribution >= 0.6 is 15.9 Å². The summed E-state index contributed by atoms with van der Waals surface area (Å²) in [5.74, 6) is -0.543. The molecule has 0 bridgehead atoms. The Hall–Kier alpha value is -1.16. The van der Waals surface area contributed by atoms with Crippen molar-refractivity contribution in [3.05, 3.63) is 46.5 Å². The van der Waals surface area contributed by atoms with Gasteiger partial charge in [0.2, 0.25) is 0 Å². The molecule has 0 spiro atoms. The number of rotatable bonds is 4. The van der Waals surface area contributed by atoms with E-state index in [9.17, 15) is 9.18 Å². The summed E-state index contributed by atoms with van der Waals surface area (Å²) >= 11 is 3.30. The van der Waals surface area contributed by atoms with Crippen LogP contribution in [0.25, 0.3) is 0 Å². The SMILES string of the molecule is COC(=O)/C=C/[C@@H](F)Cc1ccc(Br)cc1. The quantitative estimate of drug-likeness (QED) is 0.628. The Morgan fingerprint density at radius 2 is 2.12 bits per heavy atom. The van der Waals surface area contributed by atoms with Crippen molar-refractivity contribution in [2.75, 3.05) is 7.11 Å². The number of carbonyl (C=O) groups is 1. The van der Waals surface area contributed by atoms with Crippen molar-refractivity contribution < 1.29 is 13.9 Å². The molecule has 0 aromatic heterocycles. The number of methoxy groups -OCH3 is 1. The third kappa shape index (κ3) is 4.57. The van der Waals surface area contributed by atoms with E-state index < -0.39 is 12.1 Å². The topological polar surface area (TPSA) is 26.3 Å². The van der Waals surface area contributed by atoms with E-state index in [4.69, 9.17) is 0 Å². The first-order chi connectivity index (χ1) is 7.61. The Morgan fingerprint density at radius 1 is 1.50 bits per heavy atom. The highest BCUT2D eigenvalue weighted by molar-refractivity contribution is 9.10. The predicted molar refractivity (Wildman–Crippen MR) is 63.9 cm³/mol. The van der Waals surface area contributed by atoms with E-state index in [-0.39, 0.29) is 6.42 Å². The van der Waals surface area contributed by atoms with Crippen molar-refractivity contribution >= 4 is 21.9 Å². The minimum Gasteiger partial charge on any atom is -0.466 e. The summed E-state index contributed by atoms with van der Waals surface area (Å²) in [5.41, 5.74) is 0.880. The first-order valence-corrected chi connectivity index (χ1v) is 5.56. The van der Waals surface area contributed by atoms with Gasteiger partial charge in [-0.1, -0.05) is 28.1 Å². The Labute approximate surface area is 102 Å². The first-order valence-electron chi connectivity index (χ1n) is 4.76. The lowest BCUT2D eigenvalue weighted by atomic mass is 10.1. The van der Waals surface area contributed by atoms with Crippen LogP contribution in [0, 0.1) is 0 Å². The van der Waals surface area contributed by atoms with Gasteiger partial charge < -0.3 is 4.74 Å². The maximum absolute atomic E-state index is 13.4. The monoisotopic (exact) mass is 286 g/mol. The molecule has 0 unspecified atom stereocenters. The fraction of sp³-hybridized carbons (Fsp3) is 0.250. The fourth-order valence-corrected chi connectivity index (χ4v) is 1.43. The van der Waals surface area contributed by atoms with Crippen LogP contribution in [0.1, 0.15) is 5.56 Å². The van der Waals surface area contributed by atoms with Gasteiger partial charge in [0, 0.05) is 17.0 Å². The summed E-state index contributed by atoms with van der Waals surface area (Å²) in [4.78, 5) is 10.7. The van der Waals surface area contributed by atoms with Crippen molar-refractivity contribution in [3.8, 4) is 0 Å². The molecule has 1 rings (SSSR count). The van der Waals surface area contributed by atoms with Crippen LogP contribution in [0.4, 0.5) is 4.39 Å². The Bertz CT molecular complexity index is 373. The normalized spacial score (nSPS) is 12.7. The average Bonchev–Trinajstić information content (AvgIpc) is 2.29. The van der Waals surface area contributed by atoms with E-state index in [1.807, 2.05) is 24.3 Å². The van der Waals surface area contributed by atoms with Crippen molar-refractivity contribution in [1.29, 1.82) is 0 Å². The molecule has 1 aromatic carbocycles. The van der Waals surface area contributed by atoms with Crippen LogP contribution in [0.5, 0.6) is 0 Å². The van der Waals surface area contributed by atoms with Crippen LogP contribution in [-0.4, -0.2) is 19.3 Å². The summed E-state index contributed by atoms with van der Waals surface area (Å²) in [6, 6.07) is 7.38. The maximum atomic E-state index is 13.4. The molecule has 0 aliphatic carbocycles. The Balaban J connectivity index is 2.51. The smallest absolute Gasteiger partial charge is 0.330 e. The Kier molecular flexibility index (Phi) is 5.19. The summed E-state index contributed by atoms with van der Waals surface area (Å²) < 4.78 is 18.7. The second-order valence-electron chi connectivity index (χ2n) is 3.23. The molecular weight excluding hydrogens is 275 g/mol. The van der Waals surface area contributed by atoms with Gasteiger partial charge in [-0.05, 0) is 23.8 Å². The van der Waals surface area contributed by atoms with Gasteiger partial charge in [0.15, 0.2) is 0 Å². The first kappa shape index (κ1) is 12.9. The third-order valence-electron chi connectivity index (χ3n) is 1.99. The molecular formula is C12H12BrFO2. The number of esters is 1. The molecule has 2 nitrogen and oxygen atoms in total. The van der Waals surface area contributed by atoms with Gasteiger partial charge in [0.05, 0.1) is 7.11 Å². The molecule has 0 radical (unpaired) electrons. The highest BCUT2D eigenvalue weighted by Gasteiger charge is 2.04. The van der Waals surface area contributed by atoms with Gasteiger partial charge in [0.25, 0.3) is 0 Å². The van der Waals surface area contributed by atoms with Crippen LogP contribution in [0.3, 0.4) is 0 Å². The van der Waals surface area contributed by atoms with Crippen molar-refractivity contribution in [3.63, 3.8) is 0 Å². The van der Waals surface area contributed by atoms with Gasteiger partial charge in [-0.2, -0.15) is 0 Å². The number of alkyl halides is 1. The molecule has 0 saturated heterocycles. The summed E-state index contributed by atoms with van der Waals surface area (Å²) in [5, 5.41) is 0. The fourth-order valence-electron chi connectivity index (χ4n) is 1.16. The number of hydrogen-bond acceptors (Lipinski definition) is 2. The molecule has 16 heavy (non-hydrogen) atoms. The van der Waals surface area contributed by atoms with Crippen molar-refractivity contribution in [2.45, 2.75) is 12.6 Å². The highest BCUT2D eigenvalue weighted by Crippen LogP contribution is 2.13. The molecule has 0 heterocycles. The standard InChI is InChI=1S/C12H12BrFO2/c1-16-12(15)7-6-11(14)8-9-2-4-10(13)5-3-9/h2-7,11H,8H2,1H3/b7-6+/t11-/m1/s1. The number of benzene rings is 1. The molecule has 0 saturated carbocycles. The van der Waals surface area contributed by atoms with Gasteiger partial charge >= 0.3 is 5.97 Å². The van der Waals surface area contributed by atoms with E-state index in [1.54, 1.807) is 0 Å². The van der Waals surface area contributed by atoms with E-state index >= 15 is 0 Å². The summed E-state index contributed by atoms with van der Waals surface area (Å²) in [7, 11) is 1.26. The number of halogens is 2. The van der Waals surface area contributed by atoms with Gasteiger partial charge in [-0.3, -0.25) is 0 Å². The lowest BCUT2D eigenvalue weighted by molar-refractivity contribution is -0.134. The lowest BCUT2D eigenvalue weighted by Crippen LogP contribution is -2.03. The minimum absolute atomic E-state index is 0.251. The second kappa shape index (κ2) is 6.43. The zero-order chi connectivity index (χ0) is 12.0. The molecule has 1 aromatic rings. The zero-order valence-corrected chi connectivity index (χ0v) is 10.4. The predicted octanol–water partition coefficient (Wildman–Crippen LogP) is 3.06. The molecule has 4 heteroatoms. The molecule has 86 valence electrons. The lowest BCUT2D eigenvalue weighted by Gasteiger charge is -2.03. The molecule has 0 amide bonds. The maximum Gasteiger partial charge on any atom is 0.330 e. The number of hydrogen-bond donors (Lipinski definition) is 0. The average molecular weight is 287 g/mol. The summed E-state index contributed by atoms with van der Waals surface area (Å²) in [6.45, 7) is 0. The number of allylic oxidation sites excluding steroid dienone is 1. The molecule has 0 aliphatic rings. The summed E-state index contributed by atoms with van der Waals surface area (Å²) in [6.07, 6.45) is 1.37. The van der Waals surface area contributed by atoms with Gasteiger partial charge in [-0.15, -0.1) is 0 Å². The molecule has 0 N–H and O–H groups in total. The van der Waals surface area contributed by atoms with Crippen LogP contribution in [0.15, 0.2) is 40.9 Å². The van der Waals surface area contributed by atoms with Crippen LogP contribution < -0.4 is 0 Å². The van der Waals surface area contributed by atoms with Crippen molar-refractivity contribution in [2.24, 2.45) is 0 Å². The van der Waals surface area contributed by atoms with Gasteiger partial charge in [-0.25, -0.2) is 9.18 Å². The Morgan fingerprint density at radius 3 is 2.69 bits per heavy atom. The molecule has 0 aliphatic heterocycles. The third-order valence-corrected chi connectivity index (χ3v) is 2.51. The second-order valence-corrected chi connectivity index (χ2v) is 4.14. The number of ether oxygens (including phenoxy) is 1. The van der Waals surface area contributed by atoms with E-state index in [0.29, 0.717) is 0 Å². The molecule has 0 fully saturated rings. The minimum atomic E-state index is -1.18. The van der Waals surface area contributed by atoms with E-state index in [0.717, 1.165) is 16.1 Å². The zero-order valence-electron chi connectivity index (χ0n) is 8.82. The van der Waals surface area contributed by atoms with Crippen LogP contribution in [-0.2, 0) is 16.0 Å². The van der Waals surface area contributed by atoms with Crippen LogP contribution in [0.2, 0.25) is 0 Å².